The van der Waals surface area contributed by atoms with Crippen LogP contribution in [-0.2, 0) is 6.42 Å². The molecule has 19 heavy (non-hydrogen) atoms. The van der Waals surface area contributed by atoms with E-state index in [2.05, 4.69) is 18.8 Å². The van der Waals surface area contributed by atoms with Crippen LogP contribution < -0.4 is 10.1 Å². The Balaban J connectivity index is 2.85. The van der Waals surface area contributed by atoms with Gasteiger partial charge in [0, 0.05) is 11.6 Å². The van der Waals surface area contributed by atoms with Crippen LogP contribution in [0.2, 0.25) is 0 Å². The van der Waals surface area contributed by atoms with Gasteiger partial charge in [0.05, 0.1) is 7.11 Å². The van der Waals surface area contributed by atoms with Crippen LogP contribution in [0.5, 0.6) is 5.75 Å². The molecule has 0 aliphatic carbocycles. The van der Waals surface area contributed by atoms with Crippen molar-refractivity contribution in [1.29, 1.82) is 0 Å². The molecule has 0 heterocycles. The molecular formula is C16H23NO2. The van der Waals surface area contributed by atoms with Gasteiger partial charge in [-0.3, -0.25) is 4.79 Å². The van der Waals surface area contributed by atoms with Crippen LogP contribution in [0.1, 0.15) is 42.6 Å². The first-order valence-electron chi connectivity index (χ1n) is 6.71. The fourth-order valence-corrected chi connectivity index (χ4v) is 2.05. The van der Waals surface area contributed by atoms with Crippen molar-refractivity contribution < 1.29 is 9.53 Å². The SMILES string of the molecule is C=CCc1cc(C(=O)NC(C)CCC)ccc1OC. The van der Waals surface area contributed by atoms with Crippen LogP contribution in [-0.4, -0.2) is 19.1 Å². The maximum absolute atomic E-state index is 12.1. The first-order chi connectivity index (χ1) is 9.12. The number of methoxy groups -OCH3 is 1. The summed E-state index contributed by atoms with van der Waals surface area (Å²) >= 11 is 0. The van der Waals surface area contributed by atoms with Crippen molar-refractivity contribution >= 4 is 5.91 Å². The highest BCUT2D eigenvalue weighted by Crippen LogP contribution is 2.20. The van der Waals surface area contributed by atoms with Gasteiger partial charge in [-0.25, -0.2) is 0 Å². The van der Waals surface area contributed by atoms with Gasteiger partial charge < -0.3 is 10.1 Å². The number of rotatable bonds is 7. The number of amides is 1. The second-order valence-electron chi connectivity index (χ2n) is 4.68. The monoisotopic (exact) mass is 261 g/mol. The second kappa shape index (κ2) is 7.62. The van der Waals surface area contributed by atoms with Gasteiger partial charge in [0.1, 0.15) is 5.75 Å². The predicted molar refractivity (Wildman–Crippen MR) is 78.7 cm³/mol. The average molecular weight is 261 g/mol. The first-order valence-corrected chi connectivity index (χ1v) is 6.71. The third-order valence-electron chi connectivity index (χ3n) is 3.01. The summed E-state index contributed by atoms with van der Waals surface area (Å²) in [4.78, 5) is 12.1. The molecular weight excluding hydrogens is 238 g/mol. The summed E-state index contributed by atoms with van der Waals surface area (Å²) in [5.74, 6) is 0.756. The van der Waals surface area contributed by atoms with E-state index in [0.717, 1.165) is 24.2 Å². The molecule has 0 saturated heterocycles. The van der Waals surface area contributed by atoms with Crippen LogP contribution in [0.4, 0.5) is 0 Å². The number of allylic oxidation sites excluding steroid dienone is 1. The molecule has 1 rings (SSSR count). The lowest BCUT2D eigenvalue weighted by molar-refractivity contribution is 0.0938. The second-order valence-corrected chi connectivity index (χ2v) is 4.68. The molecule has 0 aliphatic heterocycles. The van der Waals surface area contributed by atoms with Crippen molar-refractivity contribution in [2.75, 3.05) is 7.11 Å². The van der Waals surface area contributed by atoms with Crippen molar-refractivity contribution in [2.45, 2.75) is 39.2 Å². The summed E-state index contributed by atoms with van der Waals surface area (Å²) in [6.07, 6.45) is 4.54. The van der Waals surface area contributed by atoms with Gasteiger partial charge in [-0.1, -0.05) is 19.4 Å². The first kappa shape index (κ1) is 15.3. The number of hydrogen-bond acceptors (Lipinski definition) is 2. The molecule has 1 aromatic carbocycles. The molecule has 0 radical (unpaired) electrons. The Bertz CT molecular complexity index is 440. The van der Waals surface area contributed by atoms with Crippen molar-refractivity contribution in [1.82, 2.24) is 5.32 Å². The van der Waals surface area contributed by atoms with E-state index in [-0.39, 0.29) is 11.9 Å². The van der Waals surface area contributed by atoms with E-state index >= 15 is 0 Å². The molecule has 3 heteroatoms. The topological polar surface area (TPSA) is 38.3 Å². The lowest BCUT2D eigenvalue weighted by atomic mass is 10.1. The summed E-state index contributed by atoms with van der Waals surface area (Å²) in [6, 6.07) is 5.69. The van der Waals surface area contributed by atoms with Gasteiger partial charge in [-0.05, 0) is 43.5 Å². The Morgan fingerprint density at radius 2 is 2.26 bits per heavy atom. The Kier molecular flexibility index (Phi) is 6.13. The van der Waals surface area contributed by atoms with E-state index in [9.17, 15) is 4.79 Å². The molecule has 0 fully saturated rings. The highest BCUT2D eigenvalue weighted by Gasteiger charge is 2.11. The van der Waals surface area contributed by atoms with Gasteiger partial charge in [-0.2, -0.15) is 0 Å². The zero-order valence-corrected chi connectivity index (χ0v) is 12.0. The van der Waals surface area contributed by atoms with Crippen molar-refractivity contribution in [3.8, 4) is 5.75 Å². The lowest BCUT2D eigenvalue weighted by Crippen LogP contribution is -2.32. The molecule has 104 valence electrons. The molecule has 0 aromatic heterocycles. The Morgan fingerprint density at radius 3 is 2.84 bits per heavy atom. The number of carbonyl (C=O) groups is 1. The summed E-state index contributed by atoms with van der Waals surface area (Å²) in [5.41, 5.74) is 1.65. The molecule has 1 amide bonds. The number of benzene rings is 1. The van der Waals surface area contributed by atoms with Gasteiger partial charge in [0.15, 0.2) is 0 Å². The molecule has 3 nitrogen and oxygen atoms in total. The van der Waals surface area contributed by atoms with Gasteiger partial charge in [-0.15, -0.1) is 6.58 Å². The normalized spacial score (nSPS) is 11.7. The molecule has 0 spiro atoms. The number of nitrogens with one attached hydrogen (secondary N) is 1. The maximum Gasteiger partial charge on any atom is 0.251 e. The minimum atomic E-state index is -0.0334. The standard InChI is InChI=1S/C16H23NO2/c1-5-7-12(3)17-16(18)14-9-10-15(19-4)13(11-14)8-6-2/h6,9-12H,2,5,7-8H2,1,3-4H3,(H,17,18). The quantitative estimate of drug-likeness (QED) is 0.764. The highest BCUT2D eigenvalue weighted by atomic mass is 16.5. The van der Waals surface area contributed by atoms with E-state index in [1.165, 1.54) is 0 Å². The fraction of sp³-hybridized carbons (Fsp3) is 0.438. The van der Waals surface area contributed by atoms with E-state index in [0.29, 0.717) is 12.0 Å². The van der Waals surface area contributed by atoms with Gasteiger partial charge in [0.25, 0.3) is 5.91 Å². The Hall–Kier alpha value is -1.77. The third-order valence-corrected chi connectivity index (χ3v) is 3.01. The lowest BCUT2D eigenvalue weighted by Gasteiger charge is -2.14. The summed E-state index contributed by atoms with van der Waals surface area (Å²) < 4.78 is 5.27. The van der Waals surface area contributed by atoms with E-state index in [4.69, 9.17) is 4.74 Å². The molecule has 0 bridgehead atoms. The fourth-order valence-electron chi connectivity index (χ4n) is 2.05. The molecule has 1 N–H and O–H groups in total. The van der Waals surface area contributed by atoms with Crippen LogP contribution >= 0.6 is 0 Å². The van der Waals surface area contributed by atoms with E-state index < -0.39 is 0 Å². The average Bonchev–Trinajstić information content (AvgIpc) is 2.39. The minimum absolute atomic E-state index is 0.0334. The summed E-state index contributed by atoms with van der Waals surface area (Å²) in [6.45, 7) is 7.86. The largest absolute Gasteiger partial charge is 0.496 e. The van der Waals surface area contributed by atoms with Crippen molar-refractivity contribution in [3.63, 3.8) is 0 Å². The molecule has 0 saturated carbocycles. The Labute approximate surface area is 115 Å². The highest BCUT2D eigenvalue weighted by molar-refractivity contribution is 5.94. The molecule has 1 aromatic rings. The van der Waals surface area contributed by atoms with Crippen molar-refractivity contribution in [3.05, 3.63) is 42.0 Å². The predicted octanol–water partition coefficient (Wildman–Crippen LogP) is 3.34. The van der Waals surface area contributed by atoms with Crippen LogP contribution in [0.15, 0.2) is 30.9 Å². The number of carbonyl (C=O) groups excluding carboxylic acids is 1. The van der Waals surface area contributed by atoms with Crippen molar-refractivity contribution in [2.24, 2.45) is 0 Å². The molecule has 1 atom stereocenters. The van der Waals surface area contributed by atoms with E-state index in [1.54, 1.807) is 19.3 Å². The van der Waals surface area contributed by atoms with Crippen LogP contribution in [0.3, 0.4) is 0 Å². The number of ether oxygens (including phenoxy) is 1. The van der Waals surface area contributed by atoms with Crippen LogP contribution in [0.25, 0.3) is 0 Å². The minimum Gasteiger partial charge on any atom is -0.496 e. The van der Waals surface area contributed by atoms with Crippen LogP contribution in [0, 0.1) is 0 Å². The van der Waals surface area contributed by atoms with Gasteiger partial charge >= 0.3 is 0 Å². The van der Waals surface area contributed by atoms with E-state index in [1.807, 2.05) is 19.1 Å². The zero-order chi connectivity index (χ0) is 14.3. The number of hydrogen-bond donors (Lipinski definition) is 1. The van der Waals surface area contributed by atoms with Gasteiger partial charge in [0.2, 0.25) is 0 Å². The summed E-state index contributed by atoms with van der Waals surface area (Å²) in [7, 11) is 1.63. The Morgan fingerprint density at radius 1 is 1.53 bits per heavy atom. The molecule has 0 aliphatic rings. The third kappa shape index (κ3) is 4.43. The maximum atomic E-state index is 12.1. The summed E-state index contributed by atoms with van der Waals surface area (Å²) in [5, 5.41) is 3.00. The zero-order valence-electron chi connectivity index (χ0n) is 12.0. The smallest absolute Gasteiger partial charge is 0.251 e. The molecule has 1 unspecified atom stereocenters.